The van der Waals surface area contributed by atoms with E-state index in [0.717, 1.165) is 17.7 Å². The van der Waals surface area contributed by atoms with Crippen LogP contribution in [0.25, 0.3) is 22.5 Å². The van der Waals surface area contributed by atoms with Crippen LogP contribution in [0.1, 0.15) is 47.1 Å². The molecule has 270 valence electrons. The minimum Gasteiger partial charge on any atom is -0.512 e. The van der Waals surface area contributed by atoms with Crippen molar-refractivity contribution in [1.82, 2.24) is 9.97 Å². The molecule has 0 aliphatic rings. The summed E-state index contributed by atoms with van der Waals surface area (Å²) in [7, 11) is 0. The molecule has 0 aliphatic heterocycles. The van der Waals surface area contributed by atoms with Crippen LogP contribution in [-0.4, -0.2) is 43.0 Å². The number of ketones is 2. The zero-order valence-corrected chi connectivity index (χ0v) is 32.1. The summed E-state index contributed by atoms with van der Waals surface area (Å²) < 4.78 is 44.5. The molecule has 0 unspecified atom stereocenters. The number of hydrogen-bond donors (Lipinski definition) is 3. The van der Waals surface area contributed by atoms with Crippen LogP contribution in [0.3, 0.4) is 0 Å². The van der Waals surface area contributed by atoms with Gasteiger partial charge >= 0.3 is 0 Å². The van der Waals surface area contributed by atoms with Crippen molar-refractivity contribution in [3.8, 4) is 28.3 Å². The average Bonchev–Trinajstić information content (AvgIpc) is 2.97. The number of aliphatic hydroxyl groups is 3. The summed E-state index contributed by atoms with van der Waals surface area (Å²) >= 11 is 0. The molecule has 0 spiro atoms. The first-order valence-electron chi connectivity index (χ1n) is 14.1. The van der Waals surface area contributed by atoms with Gasteiger partial charge in [0.05, 0.1) is 24.2 Å². The first kappa shape index (κ1) is 47.2. The molecule has 0 aliphatic carbocycles. The molecule has 0 saturated heterocycles. The van der Waals surface area contributed by atoms with Gasteiger partial charge in [-0.2, -0.15) is 0 Å². The number of rotatable bonds is 7. The molecule has 2 aromatic carbocycles. The molecule has 13 heteroatoms. The molecule has 2 aromatic heterocycles. The Hall–Kier alpha value is -3.91. The summed E-state index contributed by atoms with van der Waals surface area (Å²) in [6.07, 6.45) is 5.48. The van der Waals surface area contributed by atoms with Gasteiger partial charge in [-0.05, 0) is 76.7 Å². The van der Waals surface area contributed by atoms with E-state index < -0.39 is 11.6 Å². The monoisotopic (exact) mass is 1040 g/mol. The smallest absolute Gasteiger partial charge is 0.155 e. The van der Waals surface area contributed by atoms with Crippen LogP contribution in [0.5, 0.6) is 5.75 Å². The molecule has 0 fully saturated rings. The number of carbonyl (C=O) groups excluding carboxylic acids is 2. The van der Waals surface area contributed by atoms with E-state index in [9.17, 15) is 22.8 Å². The average molecular weight is 1040 g/mol. The zero-order valence-electron chi connectivity index (χ0n) is 27.5. The maximum Gasteiger partial charge on any atom is 0.155 e. The number of nitrogens with zero attached hydrogens (tertiary/aromatic N) is 2. The quantitative estimate of drug-likeness (QED) is 0.0971. The van der Waals surface area contributed by atoms with Gasteiger partial charge in [-0.1, -0.05) is 17.7 Å². The third-order valence-electron chi connectivity index (χ3n) is 5.10. The Labute approximate surface area is 313 Å². The van der Waals surface area contributed by atoms with Crippen molar-refractivity contribution in [1.29, 1.82) is 0 Å². The van der Waals surface area contributed by atoms with Crippen molar-refractivity contribution in [2.75, 3.05) is 0 Å². The molecule has 49 heavy (non-hydrogen) atoms. The Morgan fingerprint density at radius 3 is 1.80 bits per heavy atom. The third kappa shape index (κ3) is 20.9. The van der Waals surface area contributed by atoms with E-state index in [2.05, 4.69) is 22.1 Å². The van der Waals surface area contributed by atoms with Crippen LogP contribution in [0.4, 0.5) is 13.2 Å². The summed E-state index contributed by atoms with van der Waals surface area (Å²) in [5, 5.41) is 25.7. The molecule has 0 amide bonds. The molecule has 3 N–H and O–H groups in total. The second-order valence-corrected chi connectivity index (χ2v) is 10.0. The molecule has 0 saturated carbocycles. The predicted molar refractivity (Wildman–Crippen MR) is 173 cm³/mol. The zero-order chi connectivity index (χ0) is 35.5. The standard InChI is InChI=1S/C14H12F2NO.C12H9FNO.2C5H8O2.2Pt/c1-9(2)18-11-5-6-17-14(8-11)12-4-3-10(15)7-13(12)16;13-11-3-1-10(2-4-11)12-7-9(8-15)5-6-14-12;2*1-4(6)3-5(2)7;;/h3,5-9H,1-2H3;1,3-7,15H,8H2;2*3,6H,1-2H3;;/q2*-1;;;;. The molecule has 0 bridgehead atoms. The minimum absolute atomic E-state index is 0. The van der Waals surface area contributed by atoms with Gasteiger partial charge in [-0.25, -0.2) is 0 Å². The number of aliphatic hydroxyl groups excluding tert-OH is 3. The van der Waals surface area contributed by atoms with Crippen molar-refractivity contribution >= 4 is 11.6 Å². The number of aromatic nitrogens is 2. The van der Waals surface area contributed by atoms with Crippen molar-refractivity contribution in [3.63, 3.8) is 0 Å². The Bertz CT molecular complexity index is 1630. The molecular weight excluding hydrogens is 1000 g/mol. The molecule has 2 heterocycles. The number of ether oxygens (including phenoxy) is 1. The summed E-state index contributed by atoms with van der Waals surface area (Å²) in [4.78, 5) is 28.2. The number of pyridine rings is 2. The number of allylic oxidation sites excluding steroid dienone is 4. The van der Waals surface area contributed by atoms with Crippen molar-refractivity contribution < 1.29 is 84.9 Å². The SMILES string of the molecule is CC(=O)C=C(C)O.CC(=O)C=C(C)O.CC(C)Oc1ccnc(-c2[c-]cc(F)cc2F)c1.OCc1ccnc(-c2[c-]cc(F)cc2)c1.[Pt].[Pt]. The largest absolute Gasteiger partial charge is 0.512 e. The van der Waals surface area contributed by atoms with Crippen LogP contribution in [-0.2, 0) is 58.3 Å². The maximum atomic E-state index is 13.6. The molecule has 8 nitrogen and oxygen atoms in total. The number of halogens is 3. The number of carbonyl (C=O) groups is 2. The first-order chi connectivity index (χ1) is 22.1. The summed E-state index contributed by atoms with van der Waals surface area (Å²) in [6, 6.07) is 18.2. The number of benzene rings is 2. The fourth-order valence-corrected chi connectivity index (χ4v) is 3.41. The molecule has 0 atom stereocenters. The van der Waals surface area contributed by atoms with E-state index >= 15 is 0 Å². The van der Waals surface area contributed by atoms with Crippen LogP contribution < -0.4 is 4.74 Å². The van der Waals surface area contributed by atoms with E-state index in [1.807, 2.05) is 13.8 Å². The summed E-state index contributed by atoms with van der Waals surface area (Å²) in [5.41, 5.74) is 2.67. The Kier molecular flexibility index (Phi) is 24.2. The topological polar surface area (TPSA) is 130 Å². The van der Waals surface area contributed by atoms with E-state index in [1.54, 1.807) is 36.5 Å². The fraction of sp³-hybridized carbons (Fsp3) is 0.222. The Balaban J connectivity index is 0. The van der Waals surface area contributed by atoms with Crippen LogP contribution >= 0.6 is 0 Å². The van der Waals surface area contributed by atoms with E-state index in [1.165, 1.54) is 58.2 Å². The summed E-state index contributed by atoms with van der Waals surface area (Å²) in [6.45, 7) is 9.45. The van der Waals surface area contributed by atoms with Gasteiger partial charge in [0.25, 0.3) is 0 Å². The van der Waals surface area contributed by atoms with Crippen molar-refractivity contribution in [2.45, 2.75) is 54.3 Å². The third-order valence-corrected chi connectivity index (χ3v) is 5.10. The van der Waals surface area contributed by atoms with E-state index in [-0.39, 0.29) is 89.3 Å². The molecule has 0 radical (unpaired) electrons. The van der Waals surface area contributed by atoms with Gasteiger partial charge in [-0.3, -0.25) is 22.8 Å². The number of hydrogen-bond acceptors (Lipinski definition) is 8. The predicted octanol–water partition coefficient (Wildman–Crippen LogP) is 7.86. The van der Waals surface area contributed by atoms with E-state index in [0.29, 0.717) is 22.7 Å². The normalized spacial score (nSPS) is 10.3. The van der Waals surface area contributed by atoms with Crippen LogP contribution in [0.2, 0.25) is 0 Å². The Morgan fingerprint density at radius 1 is 0.796 bits per heavy atom. The molecular formula is C36H37F3N2O6Pt2-2. The maximum absolute atomic E-state index is 13.6. The molecule has 4 rings (SSSR count). The summed E-state index contributed by atoms with van der Waals surface area (Å²) in [5.74, 6) is -1.21. The van der Waals surface area contributed by atoms with Gasteiger partial charge in [0, 0.05) is 84.1 Å². The van der Waals surface area contributed by atoms with Gasteiger partial charge in [0.15, 0.2) is 11.6 Å². The first-order valence-corrected chi connectivity index (χ1v) is 14.1. The minimum atomic E-state index is -0.691. The second-order valence-electron chi connectivity index (χ2n) is 10.0. The van der Waals surface area contributed by atoms with Crippen molar-refractivity contribution in [2.24, 2.45) is 0 Å². The Morgan fingerprint density at radius 2 is 1.35 bits per heavy atom. The van der Waals surface area contributed by atoms with Crippen molar-refractivity contribution in [3.05, 3.63) is 126 Å². The van der Waals surface area contributed by atoms with Crippen LogP contribution in [0.15, 0.2) is 90.7 Å². The van der Waals surface area contributed by atoms with E-state index in [4.69, 9.17) is 20.1 Å². The van der Waals surface area contributed by atoms with Gasteiger partial charge in [-0.15, -0.1) is 42.0 Å². The van der Waals surface area contributed by atoms with Crippen LogP contribution in [0, 0.1) is 29.6 Å². The van der Waals surface area contributed by atoms with Gasteiger partial charge < -0.3 is 30.0 Å². The molecule has 4 aromatic rings. The fourth-order valence-electron chi connectivity index (χ4n) is 3.41. The van der Waals surface area contributed by atoms with Gasteiger partial charge in [0.1, 0.15) is 5.75 Å². The second kappa shape index (κ2) is 25.1. The van der Waals surface area contributed by atoms with Gasteiger partial charge in [0.2, 0.25) is 0 Å².